The lowest BCUT2D eigenvalue weighted by Gasteiger charge is -2.28. The predicted molar refractivity (Wildman–Crippen MR) is 59.1 cm³/mol. The van der Waals surface area contributed by atoms with E-state index in [1.165, 1.54) is 25.5 Å². The lowest BCUT2D eigenvalue weighted by molar-refractivity contribution is 0.319. The van der Waals surface area contributed by atoms with Gasteiger partial charge in [0, 0.05) is 12.3 Å². The monoisotopic (exact) mass is 219 g/mol. The molecule has 14 heavy (non-hydrogen) atoms. The van der Waals surface area contributed by atoms with E-state index in [2.05, 4.69) is 12.2 Å². The van der Waals surface area contributed by atoms with Gasteiger partial charge in [-0.3, -0.25) is 0 Å². The molecule has 1 N–H and O–H groups in total. The average Bonchev–Trinajstić information content (AvgIpc) is 1.96. The largest absolute Gasteiger partial charge is 0.314 e. The van der Waals surface area contributed by atoms with Crippen LogP contribution in [0.5, 0.6) is 0 Å². The Hall–Kier alpha value is -0.0900. The Morgan fingerprint density at radius 1 is 1.43 bits per heavy atom. The van der Waals surface area contributed by atoms with Gasteiger partial charge in [0.25, 0.3) is 0 Å². The maximum atomic E-state index is 10.9. The molecule has 0 spiro atoms. The van der Waals surface area contributed by atoms with Gasteiger partial charge in [0.15, 0.2) is 0 Å². The normalized spacial score (nSPS) is 20.4. The highest BCUT2D eigenvalue weighted by molar-refractivity contribution is 7.90. The van der Waals surface area contributed by atoms with Crippen LogP contribution in [-0.4, -0.2) is 33.0 Å². The molecular weight excluding hydrogens is 198 g/mol. The van der Waals surface area contributed by atoms with E-state index in [4.69, 9.17) is 0 Å². The molecule has 1 unspecified atom stereocenters. The second-order valence-electron chi connectivity index (χ2n) is 4.56. The number of hydrogen-bond donors (Lipinski definition) is 1. The first-order valence-electron chi connectivity index (χ1n) is 5.38. The summed E-state index contributed by atoms with van der Waals surface area (Å²) in [6, 6.07) is 0.704. The highest BCUT2D eigenvalue weighted by Gasteiger charge is 2.17. The van der Waals surface area contributed by atoms with Crippen LogP contribution in [0.2, 0.25) is 0 Å². The van der Waals surface area contributed by atoms with Gasteiger partial charge in [-0.1, -0.05) is 13.3 Å². The van der Waals surface area contributed by atoms with Crippen molar-refractivity contribution in [3.05, 3.63) is 0 Å². The van der Waals surface area contributed by atoms with E-state index in [-0.39, 0.29) is 0 Å². The van der Waals surface area contributed by atoms with Crippen LogP contribution in [0.4, 0.5) is 0 Å². The highest BCUT2D eigenvalue weighted by Crippen LogP contribution is 2.18. The minimum Gasteiger partial charge on any atom is -0.314 e. The maximum absolute atomic E-state index is 10.9. The van der Waals surface area contributed by atoms with Crippen molar-refractivity contribution in [1.29, 1.82) is 0 Å². The summed E-state index contributed by atoms with van der Waals surface area (Å²) in [4.78, 5) is 0. The smallest absolute Gasteiger partial charge is 0.147 e. The van der Waals surface area contributed by atoms with Gasteiger partial charge in [-0.2, -0.15) is 0 Å². The van der Waals surface area contributed by atoms with Crippen LogP contribution in [0.25, 0.3) is 0 Å². The Morgan fingerprint density at radius 2 is 2.07 bits per heavy atom. The van der Waals surface area contributed by atoms with Gasteiger partial charge >= 0.3 is 0 Å². The number of sulfone groups is 1. The van der Waals surface area contributed by atoms with Crippen LogP contribution in [-0.2, 0) is 9.84 Å². The Balaban J connectivity index is 2.06. The van der Waals surface area contributed by atoms with E-state index in [1.54, 1.807) is 0 Å². The topological polar surface area (TPSA) is 46.2 Å². The minimum absolute atomic E-state index is 0.320. The molecular formula is C10H21NO2S. The first-order valence-corrected chi connectivity index (χ1v) is 7.44. The zero-order chi connectivity index (χ0) is 10.6. The Morgan fingerprint density at radius 3 is 2.50 bits per heavy atom. The third kappa shape index (κ3) is 4.96. The molecule has 0 aromatic rings. The summed E-state index contributed by atoms with van der Waals surface area (Å²) in [7, 11) is -2.78. The first kappa shape index (κ1) is 12.0. The molecule has 0 aromatic heterocycles. The van der Waals surface area contributed by atoms with Crippen molar-refractivity contribution in [2.45, 2.75) is 38.6 Å². The van der Waals surface area contributed by atoms with Crippen LogP contribution < -0.4 is 5.32 Å². The lowest BCUT2D eigenvalue weighted by Crippen LogP contribution is -2.37. The van der Waals surface area contributed by atoms with Crippen molar-refractivity contribution in [2.24, 2.45) is 5.92 Å². The van der Waals surface area contributed by atoms with Crippen molar-refractivity contribution in [3.8, 4) is 0 Å². The quantitative estimate of drug-likeness (QED) is 0.730. The third-order valence-electron chi connectivity index (χ3n) is 2.84. The predicted octanol–water partition coefficient (Wildman–Crippen LogP) is 1.20. The van der Waals surface area contributed by atoms with Gasteiger partial charge in [0.05, 0.1) is 5.75 Å². The zero-order valence-corrected chi connectivity index (χ0v) is 9.94. The van der Waals surface area contributed by atoms with Gasteiger partial charge in [-0.05, 0) is 31.7 Å². The van der Waals surface area contributed by atoms with Gasteiger partial charge in [-0.25, -0.2) is 8.42 Å². The molecule has 0 amide bonds. The number of nitrogens with one attached hydrogen (secondary N) is 1. The van der Waals surface area contributed by atoms with Gasteiger partial charge in [0.1, 0.15) is 9.84 Å². The SMILES string of the molecule is CC(CCS(C)(=O)=O)CNC1CCC1. The second kappa shape index (κ2) is 5.12. The maximum Gasteiger partial charge on any atom is 0.147 e. The minimum atomic E-state index is -2.78. The van der Waals surface area contributed by atoms with E-state index in [0.717, 1.165) is 13.0 Å². The molecule has 0 aliphatic heterocycles. The fraction of sp³-hybridized carbons (Fsp3) is 1.00. The second-order valence-corrected chi connectivity index (χ2v) is 6.82. The fourth-order valence-corrected chi connectivity index (χ4v) is 2.33. The Labute approximate surface area is 87.2 Å². The summed E-state index contributed by atoms with van der Waals surface area (Å²) in [5.74, 6) is 0.783. The summed E-state index contributed by atoms with van der Waals surface area (Å²) in [5.41, 5.74) is 0. The summed E-state index contributed by atoms with van der Waals surface area (Å²) in [6.07, 6.45) is 6.00. The van der Waals surface area contributed by atoms with Crippen LogP contribution >= 0.6 is 0 Å². The molecule has 1 saturated carbocycles. The first-order chi connectivity index (χ1) is 6.47. The molecule has 3 nitrogen and oxygen atoms in total. The fourth-order valence-electron chi connectivity index (χ4n) is 1.50. The van der Waals surface area contributed by atoms with E-state index >= 15 is 0 Å². The van der Waals surface area contributed by atoms with Gasteiger partial charge < -0.3 is 5.32 Å². The highest BCUT2D eigenvalue weighted by atomic mass is 32.2. The van der Waals surface area contributed by atoms with Crippen LogP contribution in [0.1, 0.15) is 32.6 Å². The van der Waals surface area contributed by atoms with Crippen molar-refractivity contribution in [3.63, 3.8) is 0 Å². The summed E-state index contributed by atoms with van der Waals surface area (Å²) in [5, 5.41) is 3.46. The molecule has 4 heteroatoms. The third-order valence-corrected chi connectivity index (χ3v) is 3.82. The van der Waals surface area contributed by atoms with E-state index < -0.39 is 9.84 Å². The van der Waals surface area contributed by atoms with E-state index in [9.17, 15) is 8.42 Å². The zero-order valence-electron chi connectivity index (χ0n) is 9.12. The summed E-state index contributed by atoms with van der Waals surface area (Å²) >= 11 is 0. The molecule has 1 rings (SSSR count). The number of hydrogen-bond acceptors (Lipinski definition) is 3. The van der Waals surface area contributed by atoms with Gasteiger partial charge in [0.2, 0.25) is 0 Å². The van der Waals surface area contributed by atoms with Crippen molar-refractivity contribution < 1.29 is 8.42 Å². The van der Waals surface area contributed by atoms with E-state index in [0.29, 0.717) is 17.7 Å². The molecule has 0 radical (unpaired) electrons. The van der Waals surface area contributed by atoms with Crippen LogP contribution in [0.15, 0.2) is 0 Å². The molecule has 1 atom stereocenters. The van der Waals surface area contributed by atoms with Crippen molar-refractivity contribution in [2.75, 3.05) is 18.6 Å². The summed E-state index contributed by atoms with van der Waals surface area (Å²) < 4.78 is 21.8. The standard InChI is InChI=1S/C10H21NO2S/c1-9(6-7-14(2,12)13)8-11-10-4-3-5-10/h9-11H,3-8H2,1-2H3. The number of rotatable bonds is 6. The molecule has 1 aliphatic carbocycles. The molecule has 0 aromatic carbocycles. The van der Waals surface area contributed by atoms with Gasteiger partial charge in [-0.15, -0.1) is 0 Å². The molecule has 1 aliphatic rings. The van der Waals surface area contributed by atoms with E-state index in [1.807, 2.05) is 0 Å². The molecule has 0 heterocycles. The molecule has 84 valence electrons. The van der Waals surface area contributed by atoms with Crippen LogP contribution in [0.3, 0.4) is 0 Å². The van der Waals surface area contributed by atoms with Crippen LogP contribution in [0, 0.1) is 5.92 Å². The molecule has 1 fully saturated rings. The van der Waals surface area contributed by atoms with Crippen molar-refractivity contribution >= 4 is 9.84 Å². The Kier molecular flexibility index (Phi) is 4.38. The lowest BCUT2D eigenvalue weighted by atomic mass is 9.92. The van der Waals surface area contributed by atoms with Crippen molar-refractivity contribution in [1.82, 2.24) is 5.32 Å². The summed E-state index contributed by atoms with van der Waals surface area (Å²) in [6.45, 7) is 3.07. The Bertz CT molecular complexity index is 257. The average molecular weight is 219 g/mol. The molecule has 0 bridgehead atoms. The molecule has 0 saturated heterocycles.